The van der Waals surface area contributed by atoms with Gasteiger partial charge < -0.3 is 20.5 Å². The number of rotatable bonds is 7. The minimum absolute atomic E-state index is 0.00812. The summed E-state index contributed by atoms with van der Waals surface area (Å²) in [6.45, 7) is 1.92. The second kappa shape index (κ2) is 8.44. The van der Waals surface area contributed by atoms with E-state index in [0.717, 1.165) is 32.3 Å². The summed E-state index contributed by atoms with van der Waals surface area (Å²) in [6, 6.07) is -0.00812. The van der Waals surface area contributed by atoms with Gasteiger partial charge in [-0.25, -0.2) is 0 Å². The summed E-state index contributed by atoms with van der Waals surface area (Å²) in [6.07, 6.45) is 4.60. The Morgan fingerprint density at radius 3 is 3.06 bits per heavy atom. The molecule has 0 aromatic carbocycles. The van der Waals surface area contributed by atoms with Crippen molar-refractivity contribution in [2.75, 3.05) is 26.9 Å². The van der Waals surface area contributed by atoms with Crippen molar-refractivity contribution in [1.29, 1.82) is 0 Å². The molecule has 0 aromatic rings. The minimum atomic E-state index is -0.00812. The summed E-state index contributed by atoms with van der Waals surface area (Å²) in [7, 11) is 1.62. The topological polar surface area (TPSA) is 73.6 Å². The zero-order valence-corrected chi connectivity index (χ0v) is 10.6. The number of hydrogen-bond acceptors (Lipinski definition) is 4. The van der Waals surface area contributed by atoms with Gasteiger partial charge in [0.1, 0.15) is 0 Å². The number of nitrogens with one attached hydrogen (secondary N) is 1. The van der Waals surface area contributed by atoms with Crippen molar-refractivity contribution in [2.45, 2.75) is 44.2 Å². The number of methoxy groups -OCH3 is 1. The molecule has 1 saturated heterocycles. The van der Waals surface area contributed by atoms with Crippen LogP contribution in [0.5, 0.6) is 0 Å². The molecule has 0 spiro atoms. The third-order valence-corrected chi connectivity index (χ3v) is 2.91. The third kappa shape index (κ3) is 6.61. The molecule has 0 aliphatic carbocycles. The van der Waals surface area contributed by atoms with Gasteiger partial charge in [-0.05, 0) is 25.7 Å². The molecule has 0 radical (unpaired) electrons. The van der Waals surface area contributed by atoms with Crippen LogP contribution in [0.1, 0.15) is 32.1 Å². The highest BCUT2D eigenvalue weighted by atomic mass is 16.5. The number of hydrogen-bond donors (Lipinski definition) is 2. The second-order valence-electron chi connectivity index (χ2n) is 4.55. The highest BCUT2D eigenvalue weighted by molar-refractivity contribution is 5.76. The largest absolute Gasteiger partial charge is 0.383 e. The van der Waals surface area contributed by atoms with E-state index in [1.165, 1.54) is 0 Å². The summed E-state index contributed by atoms with van der Waals surface area (Å²) < 4.78 is 10.4. The minimum Gasteiger partial charge on any atom is -0.383 e. The van der Waals surface area contributed by atoms with Gasteiger partial charge in [-0.1, -0.05) is 0 Å². The summed E-state index contributed by atoms with van der Waals surface area (Å²) in [4.78, 5) is 11.6. The Hall–Kier alpha value is -0.650. The first-order valence-corrected chi connectivity index (χ1v) is 6.35. The zero-order chi connectivity index (χ0) is 12.5. The lowest BCUT2D eigenvalue weighted by Crippen LogP contribution is -2.35. The van der Waals surface area contributed by atoms with Gasteiger partial charge >= 0.3 is 0 Å². The van der Waals surface area contributed by atoms with Crippen molar-refractivity contribution in [3.63, 3.8) is 0 Å². The fourth-order valence-corrected chi connectivity index (χ4v) is 1.94. The highest BCUT2D eigenvalue weighted by Gasteiger charge is 2.17. The first kappa shape index (κ1) is 14.4. The van der Waals surface area contributed by atoms with Gasteiger partial charge in [-0.15, -0.1) is 0 Å². The SMILES string of the molecule is COCC(N)CCNC(=O)CC1CCCCO1. The molecular weight excluding hydrogens is 220 g/mol. The molecule has 1 fully saturated rings. The van der Waals surface area contributed by atoms with Crippen LogP contribution in [-0.2, 0) is 14.3 Å². The Balaban J connectivity index is 2.04. The summed E-state index contributed by atoms with van der Waals surface area (Å²) in [5.41, 5.74) is 5.75. The van der Waals surface area contributed by atoms with Crippen LogP contribution in [0.15, 0.2) is 0 Å². The van der Waals surface area contributed by atoms with Crippen molar-refractivity contribution < 1.29 is 14.3 Å². The number of nitrogens with two attached hydrogens (primary N) is 1. The van der Waals surface area contributed by atoms with Gasteiger partial charge in [0.25, 0.3) is 0 Å². The van der Waals surface area contributed by atoms with E-state index in [0.29, 0.717) is 19.6 Å². The van der Waals surface area contributed by atoms with Crippen LogP contribution < -0.4 is 11.1 Å². The van der Waals surface area contributed by atoms with Gasteiger partial charge in [0.2, 0.25) is 5.91 Å². The standard InChI is InChI=1S/C12H24N2O3/c1-16-9-10(13)5-6-14-12(15)8-11-4-2-3-7-17-11/h10-11H,2-9,13H2,1H3,(H,14,15). The van der Waals surface area contributed by atoms with Gasteiger partial charge in [0.15, 0.2) is 0 Å². The lowest BCUT2D eigenvalue weighted by atomic mass is 10.1. The molecule has 0 aromatic heterocycles. The molecule has 17 heavy (non-hydrogen) atoms. The first-order valence-electron chi connectivity index (χ1n) is 6.35. The van der Waals surface area contributed by atoms with Crippen LogP contribution >= 0.6 is 0 Å². The van der Waals surface area contributed by atoms with E-state index in [1.807, 2.05) is 0 Å². The predicted molar refractivity (Wildman–Crippen MR) is 65.7 cm³/mol. The van der Waals surface area contributed by atoms with Crippen molar-refractivity contribution in [3.05, 3.63) is 0 Å². The number of amides is 1. The van der Waals surface area contributed by atoms with Crippen LogP contribution in [0.4, 0.5) is 0 Å². The molecule has 1 heterocycles. The summed E-state index contributed by atoms with van der Waals surface area (Å²) in [5.74, 6) is 0.0570. The highest BCUT2D eigenvalue weighted by Crippen LogP contribution is 2.15. The Bertz CT molecular complexity index is 218. The lowest BCUT2D eigenvalue weighted by Gasteiger charge is -2.22. The van der Waals surface area contributed by atoms with E-state index < -0.39 is 0 Å². The van der Waals surface area contributed by atoms with Gasteiger partial charge in [0.05, 0.1) is 19.1 Å². The van der Waals surface area contributed by atoms with Crippen LogP contribution in [0.2, 0.25) is 0 Å². The molecule has 100 valence electrons. The van der Waals surface area contributed by atoms with E-state index in [2.05, 4.69) is 5.32 Å². The fraction of sp³-hybridized carbons (Fsp3) is 0.917. The Morgan fingerprint density at radius 2 is 2.41 bits per heavy atom. The Kier molecular flexibility index (Phi) is 7.16. The van der Waals surface area contributed by atoms with Crippen molar-refractivity contribution in [3.8, 4) is 0 Å². The van der Waals surface area contributed by atoms with Crippen LogP contribution in [0.25, 0.3) is 0 Å². The van der Waals surface area contributed by atoms with E-state index in [9.17, 15) is 4.79 Å². The molecule has 3 N–H and O–H groups in total. The second-order valence-corrected chi connectivity index (χ2v) is 4.55. The monoisotopic (exact) mass is 244 g/mol. The van der Waals surface area contributed by atoms with Crippen LogP contribution in [0.3, 0.4) is 0 Å². The number of carbonyl (C=O) groups is 1. The molecule has 5 heteroatoms. The average Bonchev–Trinajstić information content (AvgIpc) is 2.30. The summed E-state index contributed by atoms with van der Waals surface area (Å²) >= 11 is 0. The van der Waals surface area contributed by atoms with Crippen molar-refractivity contribution in [1.82, 2.24) is 5.32 Å². The average molecular weight is 244 g/mol. The molecule has 2 unspecified atom stereocenters. The summed E-state index contributed by atoms with van der Waals surface area (Å²) in [5, 5.41) is 2.86. The predicted octanol–water partition coefficient (Wildman–Crippen LogP) is 0.426. The molecule has 1 aliphatic rings. The van der Waals surface area contributed by atoms with Crippen LogP contribution in [-0.4, -0.2) is 44.9 Å². The normalized spacial score (nSPS) is 22.1. The van der Waals surface area contributed by atoms with Crippen LogP contribution in [0, 0.1) is 0 Å². The molecule has 0 saturated carbocycles. The molecule has 1 amide bonds. The lowest BCUT2D eigenvalue weighted by molar-refractivity contribution is -0.124. The Morgan fingerprint density at radius 1 is 1.59 bits per heavy atom. The van der Waals surface area contributed by atoms with Crippen molar-refractivity contribution in [2.24, 2.45) is 5.73 Å². The molecular formula is C12H24N2O3. The zero-order valence-electron chi connectivity index (χ0n) is 10.6. The molecule has 2 atom stereocenters. The van der Waals surface area contributed by atoms with Crippen molar-refractivity contribution >= 4 is 5.91 Å². The third-order valence-electron chi connectivity index (χ3n) is 2.91. The number of ether oxygens (including phenoxy) is 2. The molecule has 1 rings (SSSR count). The maximum atomic E-state index is 11.6. The van der Waals surface area contributed by atoms with Gasteiger partial charge in [-0.3, -0.25) is 4.79 Å². The smallest absolute Gasteiger partial charge is 0.222 e. The maximum absolute atomic E-state index is 11.6. The quantitative estimate of drug-likeness (QED) is 0.681. The molecule has 0 bridgehead atoms. The molecule has 5 nitrogen and oxygen atoms in total. The fourth-order valence-electron chi connectivity index (χ4n) is 1.94. The molecule has 1 aliphatic heterocycles. The first-order chi connectivity index (χ1) is 8.22. The van der Waals surface area contributed by atoms with Gasteiger partial charge in [0, 0.05) is 26.3 Å². The Labute approximate surface area is 103 Å². The number of carbonyl (C=O) groups excluding carboxylic acids is 1. The van der Waals surface area contributed by atoms with E-state index in [-0.39, 0.29) is 18.1 Å². The van der Waals surface area contributed by atoms with Gasteiger partial charge in [-0.2, -0.15) is 0 Å². The maximum Gasteiger partial charge on any atom is 0.222 e. The van der Waals surface area contributed by atoms with E-state index in [4.69, 9.17) is 15.2 Å². The van der Waals surface area contributed by atoms with E-state index >= 15 is 0 Å². The van der Waals surface area contributed by atoms with E-state index in [1.54, 1.807) is 7.11 Å².